The third-order valence-corrected chi connectivity index (χ3v) is 4.13. The van der Waals surface area contributed by atoms with Gasteiger partial charge >= 0.3 is 0 Å². The molecule has 0 unspecified atom stereocenters. The van der Waals surface area contributed by atoms with Gasteiger partial charge in [-0.1, -0.05) is 18.2 Å². The van der Waals surface area contributed by atoms with Gasteiger partial charge in [0.25, 0.3) is 5.91 Å². The first kappa shape index (κ1) is 14.6. The van der Waals surface area contributed by atoms with Gasteiger partial charge in [0.15, 0.2) is 30.1 Å². The van der Waals surface area contributed by atoms with Crippen LogP contribution in [0.5, 0.6) is 5.75 Å². The highest BCUT2D eigenvalue weighted by Gasteiger charge is 2.60. The molecule has 3 aliphatic heterocycles. The Kier molecular flexibility index (Phi) is 3.19. The third kappa shape index (κ3) is 2.41. The summed E-state index contributed by atoms with van der Waals surface area (Å²) < 4.78 is 22.5. The average Bonchev–Trinajstić information content (AvgIpc) is 2.97. The number of fused-ring (bicyclic) bond motifs is 1. The van der Waals surface area contributed by atoms with E-state index in [2.05, 4.69) is 5.32 Å². The van der Waals surface area contributed by atoms with Crippen molar-refractivity contribution in [3.63, 3.8) is 0 Å². The van der Waals surface area contributed by atoms with Crippen molar-refractivity contribution < 1.29 is 28.5 Å². The van der Waals surface area contributed by atoms with Crippen LogP contribution in [0.4, 0.5) is 0 Å². The van der Waals surface area contributed by atoms with Crippen LogP contribution in [0.1, 0.15) is 13.8 Å². The van der Waals surface area contributed by atoms with Crippen molar-refractivity contribution in [3.8, 4) is 5.75 Å². The van der Waals surface area contributed by atoms with Crippen LogP contribution < -0.4 is 10.1 Å². The molecule has 3 saturated heterocycles. The van der Waals surface area contributed by atoms with Crippen LogP contribution in [0.15, 0.2) is 30.3 Å². The number of amides is 1. The van der Waals surface area contributed by atoms with E-state index in [1.165, 1.54) is 0 Å². The summed E-state index contributed by atoms with van der Waals surface area (Å²) in [5, 5.41) is 2.67. The molecule has 0 aliphatic carbocycles. The number of carbonyl (C=O) groups is 2. The van der Waals surface area contributed by atoms with E-state index >= 15 is 0 Å². The molecule has 1 amide bonds. The first-order valence-corrected chi connectivity index (χ1v) is 7.51. The van der Waals surface area contributed by atoms with Gasteiger partial charge in [0.1, 0.15) is 17.9 Å². The summed E-state index contributed by atoms with van der Waals surface area (Å²) in [7, 11) is 0. The van der Waals surface area contributed by atoms with Crippen molar-refractivity contribution in [2.75, 3.05) is 0 Å². The number of carbonyl (C=O) groups excluding carboxylic acids is 2. The van der Waals surface area contributed by atoms with Gasteiger partial charge < -0.3 is 24.3 Å². The minimum absolute atomic E-state index is 0.229. The van der Waals surface area contributed by atoms with E-state index in [0.717, 1.165) is 0 Å². The quantitative estimate of drug-likeness (QED) is 0.811. The van der Waals surface area contributed by atoms with E-state index in [1.54, 1.807) is 26.0 Å². The Morgan fingerprint density at radius 1 is 1.09 bits per heavy atom. The van der Waals surface area contributed by atoms with E-state index < -0.39 is 36.4 Å². The van der Waals surface area contributed by atoms with Gasteiger partial charge in [0.2, 0.25) is 0 Å². The van der Waals surface area contributed by atoms with E-state index in [9.17, 15) is 9.59 Å². The first-order valence-electron chi connectivity index (χ1n) is 7.51. The van der Waals surface area contributed by atoms with Gasteiger partial charge in [-0.25, -0.2) is 0 Å². The normalized spacial score (nSPS) is 37.9. The molecule has 0 saturated carbocycles. The molecular formula is C16H17NO6. The second-order valence-corrected chi connectivity index (χ2v) is 6.27. The number of hydrogen-bond donors (Lipinski definition) is 1. The fraction of sp³-hybridized carbons (Fsp3) is 0.500. The Bertz CT molecular complexity index is 645. The fourth-order valence-electron chi connectivity index (χ4n) is 3.05. The van der Waals surface area contributed by atoms with Gasteiger partial charge in [0, 0.05) is 0 Å². The third-order valence-electron chi connectivity index (χ3n) is 4.13. The molecule has 1 aromatic rings. The Morgan fingerprint density at radius 3 is 2.48 bits per heavy atom. The number of nitrogens with one attached hydrogen (secondary N) is 1. The topological polar surface area (TPSA) is 83.1 Å². The lowest BCUT2D eigenvalue weighted by Crippen LogP contribution is -2.70. The predicted molar refractivity (Wildman–Crippen MR) is 76.5 cm³/mol. The molecule has 0 spiro atoms. The predicted octanol–water partition coefficient (Wildman–Crippen LogP) is 0.378. The lowest BCUT2D eigenvalue weighted by Gasteiger charge is -2.39. The highest BCUT2D eigenvalue weighted by molar-refractivity contribution is 5.96. The summed E-state index contributed by atoms with van der Waals surface area (Å²) in [6.45, 7) is 3.45. The smallest absolute Gasteiger partial charge is 0.263 e. The molecule has 4 rings (SSSR count). The number of ketones is 1. The Balaban J connectivity index is 1.47. The molecule has 1 N–H and O–H groups in total. The number of β-lactam (4-membered cyclic amide) rings is 1. The van der Waals surface area contributed by atoms with E-state index in [0.29, 0.717) is 5.75 Å². The Morgan fingerprint density at radius 2 is 1.83 bits per heavy atom. The SMILES string of the molecule is CC1(C)O[C@H]2O[C@H]([C@@H]3NC(=O)[C@H]3Oc3ccccc3)C(=O)[C@H]2O1. The van der Waals surface area contributed by atoms with E-state index in [4.69, 9.17) is 18.9 Å². The molecule has 23 heavy (non-hydrogen) atoms. The second kappa shape index (κ2) is 5.02. The van der Waals surface area contributed by atoms with Gasteiger partial charge in [-0.15, -0.1) is 0 Å². The van der Waals surface area contributed by atoms with Gasteiger partial charge in [-0.05, 0) is 26.0 Å². The van der Waals surface area contributed by atoms with Crippen molar-refractivity contribution in [3.05, 3.63) is 30.3 Å². The Labute approximate surface area is 132 Å². The first-order chi connectivity index (χ1) is 10.9. The highest BCUT2D eigenvalue weighted by atomic mass is 16.8. The molecule has 0 radical (unpaired) electrons. The second-order valence-electron chi connectivity index (χ2n) is 6.27. The molecule has 0 aromatic heterocycles. The fourth-order valence-corrected chi connectivity index (χ4v) is 3.05. The molecule has 0 bridgehead atoms. The molecule has 7 heteroatoms. The van der Waals surface area contributed by atoms with E-state index in [1.807, 2.05) is 18.2 Å². The molecule has 7 nitrogen and oxygen atoms in total. The monoisotopic (exact) mass is 319 g/mol. The average molecular weight is 319 g/mol. The Hall–Kier alpha value is -1.96. The standard InChI is InChI=1S/C16H17NO6/c1-16(2)22-13-10(18)11(21-15(13)23-16)9-12(14(19)17-9)20-8-6-4-3-5-7-8/h3-7,9,11-13,15H,1-2H3,(H,17,19)/t9-,11+,12-,13+,15+/m0/s1. The molecular weight excluding hydrogens is 302 g/mol. The van der Waals surface area contributed by atoms with Crippen LogP contribution in [0.25, 0.3) is 0 Å². The molecule has 5 atom stereocenters. The van der Waals surface area contributed by atoms with Crippen LogP contribution in [-0.2, 0) is 23.8 Å². The maximum absolute atomic E-state index is 12.5. The molecule has 122 valence electrons. The summed E-state index contributed by atoms with van der Waals surface area (Å²) in [5.41, 5.74) is 0. The number of ether oxygens (including phenoxy) is 4. The summed E-state index contributed by atoms with van der Waals surface area (Å²) in [6.07, 6.45) is -3.09. The zero-order valence-electron chi connectivity index (χ0n) is 12.7. The number of benzene rings is 1. The largest absolute Gasteiger partial charge is 0.478 e. The minimum atomic E-state index is -0.848. The minimum Gasteiger partial charge on any atom is -0.478 e. The summed E-state index contributed by atoms with van der Waals surface area (Å²) in [4.78, 5) is 24.3. The molecule has 3 aliphatic rings. The summed E-state index contributed by atoms with van der Waals surface area (Å²) in [5.74, 6) is -0.781. The van der Waals surface area contributed by atoms with Crippen LogP contribution in [0, 0.1) is 0 Å². The summed E-state index contributed by atoms with van der Waals surface area (Å²) >= 11 is 0. The van der Waals surface area contributed by atoms with Gasteiger partial charge in [-0.3, -0.25) is 9.59 Å². The lowest BCUT2D eigenvalue weighted by molar-refractivity contribution is -0.212. The van der Waals surface area contributed by atoms with Crippen LogP contribution >= 0.6 is 0 Å². The van der Waals surface area contributed by atoms with Crippen molar-refractivity contribution in [2.45, 2.75) is 50.3 Å². The van der Waals surface area contributed by atoms with Gasteiger partial charge in [0.05, 0.1) is 0 Å². The summed E-state index contributed by atoms with van der Waals surface area (Å²) in [6, 6.07) is 8.44. The number of hydrogen-bond acceptors (Lipinski definition) is 6. The van der Waals surface area contributed by atoms with Crippen molar-refractivity contribution in [2.24, 2.45) is 0 Å². The van der Waals surface area contributed by atoms with E-state index in [-0.39, 0.29) is 11.7 Å². The highest BCUT2D eigenvalue weighted by Crippen LogP contribution is 2.37. The number of Topliss-reactive ketones (excluding diaryl/α,β-unsaturated/α-hetero) is 1. The van der Waals surface area contributed by atoms with Crippen molar-refractivity contribution in [1.29, 1.82) is 0 Å². The number of para-hydroxylation sites is 1. The molecule has 3 fully saturated rings. The van der Waals surface area contributed by atoms with Gasteiger partial charge in [-0.2, -0.15) is 0 Å². The zero-order valence-corrected chi connectivity index (χ0v) is 12.7. The van der Waals surface area contributed by atoms with Crippen LogP contribution in [-0.4, -0.2) is 48.1 Å². The maximum atomic E-state index is 12.5. The van der Waals surface area contributed by atoms with Crippen LogP contribution in [0.3, 0.4) is 0 Å². The van der Waals surface area contributed by atoms with Crippen LogP contribution in [0.2, 0.25) is 0 Å². The number of rotatable bonds is 3. The van der Waals surface area contributed by atoms with Crippen molar-refractivity contribution >= 4 is 11.7 Å². The molecule has 1 aromatic carbocycles. The van der Waals surface area contributed by atoms with Crippen molar-refractivity contribution in [1.82, 2.24) is 5.32 Å². The maximum Gasteiger partial charge on any atom is 0.263 e. The zero-order chi connectivity index (χ0) is 16.2. The lowest BCUT2D eigenvalue weighted by atomic mass is 9.93. The molecule has 3 heterocycles.